The number of aryl methyl sites for hydroxylation is 1. The molecule has 1 N–H and O–H groups in total. The number of carbonyl (C=O) groups excluding carboxylic acids is 1. The minimum atomic E-state index is -3.85. The monoisotopic (exact) mass is 371 g/mol. The smallest absolute Gasteiger partial charge is 0.261 e. The molecule has 0 atom stereocenters. The van der Waals surface area contributed by atoms with Gasteiger partial charge in [-0.2, -0.15) is 4.98 Å². The second kappa shape index (κ2) is 7.09. The number of nitrogens with zero attached hydrogens (tertiary/aromatic N) is 2. The molecule has 1 aromatic heterocycles. The molecule has 134 valence electrons. The molecule has 3 rings (SSSR count). The Bertz CT molecular complexity index is 1060. The maximum absolute atomic E-state index is 12.7. The fourth-order valence-electron chi connectivity index (χ4n) is 2.43. The molecule has 0 saturated carbocycles. The number of ketones is 1. The van der Waals surface area contributed by atoms with Crippen molar-refractivity contribution in [3.8, 4) is 0 Å². The number of hydrogen-bond donors (Lipinski definition) is 1. The maximum Gasteiger partial charge on any atom is 0.261 e. The lowest BCUT2D eigenvalue weighted by Crippen LogP contribution is -2.15. The van der Waals surface area contributed by atoms with Crippen molar-refractivity contribution in [2.75, 3.05) is 4.72 Å². The lowest BCUT2D eigenvalue weighted by atomic mass is 10.1. The van der Waals surface area contributed by atoms with E-state index in [0.717, 1.165) is 0 Å². The van der Waals surface area contributed by atoms with E-state index in [1.165, 1.54) is 19.1 Å². The van der Waals surface area contributed by atoms with Crippen LogP contribution in [-0.2, 0) is 16.4 Å². The molecule has 0 aliphatic carbocycles. The largest absolute Gasteiger partial charge is 0.339 e. The molecule has 0 aliphatic rings. The zero-order valence-electron chi connectivity index (χ0n) is 14.3. The summed E-state index contributed by atoms with van der Waals surface area (Å²) >= 11 is 0. The van der Waals surface area contributed by atoms with Gasteiger partial charge in [0.25, 0.3) is 10.0 Å². The van der Waals surface area contributed by atoms with E-state index < -0.39 is 10.0 Å². The van der Waals surface area contributed by atoms with E-state index in [1.807, 2.05) is 0 Å². The highest BCUT2D eigenvalue weighted by molar-refractivity contribution is 7.92. The highest BCUT2D eigenvalue weighted by atomic mass is 32.2. The van der Waals surface area contributed by atoms with E-state index in [4.69, 9.17) is 4.52 Å². The third-order valence-electron chi connectivity index (χ3n) is 3.72. The van der Waals surface area contributed by atoms with Gasteiger partial charge in [-0.1, -0.05) is 35.5 Å². The minimum absolute atomic E-state index is 0.0219. The molecule has 8 heteroatoms. The van der Waals surface area contributed by atoms with Crippen molar-refractivity contribution >= 4 is 21.5 Å². The lowest BCUT2D eigenvalue weighted by Gasteiger charge is -2.12. The van der Waals surface area contributed by atoms with Crippen LogP contribution in [-0.4, -0.2) is 24.3 Å². The Labute approximate surface area is 151 Å². The third kappa shape index (κ3) is 3.97. The Morgan fingerprint density at radius 3 is 2.62 bits per heavy atom. The molecule has 0 saturated heterocycles. The molecule has 0 fully saturated rings. The third-order valence-corrected chi connectivity index (χ3v) is 5.09. The van der Waals surface area contributed by atoms with E-state index >= 15 is 0 Å². The maximum atomic E-state index is 12.7. The summed E-state index contributed by atoms with van der Waals surface area (Å²) in [4.78, 5) is 15.7. The number of nitrogens with one attached hydrogen (secondary N) is 1. The summed E-state index contributed by atoms with van der Waals surface area (Å²) in [5, 5.41) is 3.73. The van der Waals surface area contributed by atoms with Crippen LogP contribution in [0.5, 0.6) is 0 Å². The van der Waals surface area contributed by atoms with Gasteiger partial charge >= 0.3 is 0 Å². The number of rotatable bonds is 6. The lowest BCUT2D eigenvalue weighted by molar-refractivity contribution is 0.101. The van der Waals surface area contributed by atoms with Crippen LogP contribution < -0.4 is 4.72 Å². The van der Waals surface area contributed by atoms with Crippen LogP contribution in [0.4, 0.5) is 5.69 Å². The second-order valence-electron chi connectivity index (χ2n) is 5.76. The van der Waals surface area contributed by atoms with Crippen LogP contribution in [0.25, 0.3) is 0 Å². The highest BCUT2D eigenvalue weighted by Crippen LogP contribution is 2.23. The van der Waals surface area contributed by atoms with Gasteiger partial charge < -0.3 is 4.52 Å². The molecule has 2 aromatic carbocycles. The highest BCUT2D eigenvalue weighted by Gasteiger charge is 2.18. The van der Waals surface area contributed by atoms with Crippen LogP contribution in [0.2, 0.25) is 0 Å². The quantitative estimate of drug-likeness (QED) is 0.668. The number of para-hydroxylation sites is 1. The molecule has 0 aliphatic heterocycles. The Morgan fingerprint density at radius 1 is 1.15 bits per heavy atom. The summed E-state index contributed by atoms with van der Waals surface area (Å²) in [6.45, 7) is 3.10. The Kier molecular flexibility index (Phi) is 4.85. The van der Waals surface area contributed by atoms with Crippen molar-refractivity contribution < 1.29 is 17.7 Å². The van der Waals surface area contributed by atoms with Crippen molar-refractivity contribution in [3.63, 3.8) is 0 Å². The number of aromatic nitrogens is 2. The number of Topliss-reactive ketones (excluding diaryl/α,β-unsaturated/α-hetero) is 1. The molecule has 0 amide bonds. The second-order valence-corrected chi connectivity index (χ2v) is 7.44. The van der Waals surface area contributed by atoms with Gasteiger partial charge in [0.1, 0.15) is 0 Å². The van der Waals surface area contributed by atoms with Gasteiger partial charge in [-0.15, -0.1) is 0 Å². The molecular formula is C18H17N3O4S. The summed E-state index contributed by atoms with van der Waals surface area (Å²) in [7, 11) is -3.85. The van der Waals surface area contributed by atoms with Gasteiger partial charge in [0.05, 0.1) is 17.0 Å². The van der Waals surface area contributed by atoms with Crippen LogP contribution in [0.15, 0.2) is 57.9 Å². The van der Waals surface area contributed by atoms with E-state index in [1.54, 1.807) is 43.3 Å². The standard InChI is InChI=1S/C18H17N3O4S/c1-12(22)14-7-5-8-16(10-14)26(23,24)21-17-9-4-3-6-15(17)11-18-19-13(2)20-25-18/h3-10,21H,11H2,1-2H3. The molecule has 0 spiro atoms. The number of benzene rings is 2. The molecular weight excluding hydrogens is 354 g/mol. The zero-order chi connectivity index (χ0) is 18.7. The van der Waals surface area contributed by atoms with Gasteiger partial charge in [-0.3, -0.25) is 9.52 Å². The predicted molar refractivity (Wildman–Crippen MR) is 95.5 cm³/mol. The van der Waals surface area contributed by atoms with Crippen LogP contribution >= 0.6 is 0 Å². The molecule has 0 radical (unpaired) electrons. The average molecular weight is 371 g/mol. The first-order chi connectivity index (χ1) is 12.3. The number of sulfonamides is 1. The summed E-state index contributed by atoms with van der Waals surface area (Å²) in [5.41, 5.74) is 1.45. The van der Waals surface area contributed by atoms with Crippen LogP contribution in [0.1, 0.15) is 34.6 Å². The van der Waals surface area contributed by atoms with Gasteiger partial charge in [0.2, 0.25) is 5.89 Å². The van der Waals surface area contributed by atoms with Crippen LogP contribution in [0.3, 0.4) is 0 Å². The molecule has 7 nitrogen and oxygen atoms in total. The van der Waals surface area contributed by atoms with Gasteiger partial charge in [-0.25, -0.2) is 8.42 Å². The summed E-state index contributed by atoms with van der Waals surface area (Å²) in [5.74, 6) is 0.709. The Hall–Kier alpha value is -3.00. The van der Waals surface area contributed by atoms with E-state index in [9.17, 15) is 13.2 Å². The fourth-order valence-corrected chi connectivity index (χ4v) is 3.58. The number of carbonyl (C=O) groups is 1. The summed E-state index contributed by atoms with van der Waals surface area (Å²) in [6.07, 6.45) is 0.299. The average Bonchev–Trinajstić information content (AvgIpc) is 3.01. The van der Waals surface area contributed by atoms with Gasteiger partial charge in [0.15, 0.2) is 11.6 Å². The van der Waals surface area contributed by atoms with Gasteiger partial charge in [0, 0.05) is 5.56 Å². The zero-order valence-corrected chi connectivity index (χ0v) is 15.1. The Balaban J connectivity index is 1.90. The molecule has 0 bridgehead atoms. The first kappa shape index (κ1) is 17.8. The van der Waals surface area contributed by atoms with Crippen molar-refractivity contribution in [1.82, 2.24) is 10.1 Å². The molecule has 0 unspecified atom stereocenters. The van der Waals surface area contributed by atoms with Crippen LogP contribution in [0, 0.1) is 6.92 Å². The topological polar surface area (TPSA) is 102 Å². The first-order valence-corrected chi connectivity index (χ1v) is 9.34. The van der Waals surface area contributed by atoms with Crippen molar-refractivity contribution in [2.24, 2.45) is 0 Å². The Morgan fingerprint density at radius 2 is 1.92 bits per heavy atom. The fraction of sp³-hybridized carbons (Fsp3) is 0.167. The predicted octanol–water partition coefficient (Wildman–Crippen LogP) is 2.97. The first-order valence-electron chi connectivity index (χ1n) is 7.86. The van der Waals surface area contributed by atoms with E-state index in [2.05, 4.69) is 14.9 Å². The minimum Gasteiger partial charge on any atom is -0.339 e. The summed E-state index contributed by atoms with van der Waals surface area (Å²) < 4.78 is 33.1. The van der Waals surface area contributed by atoms with E-state index in [0.29, 0.717) is 35.0 Å². The van der Waals surface area contributed by atoms with E-state index in [-0.39, 0.29) is 10.7 Å². The van der Waals surface area contributed by atoms with Crippen molar-refractivity contribution in [3.05, 3.63) is 71.4 Å². The summed E-state index contributed by atoms with van der Waals surface area (Å²) in [6, 6.07) is 12.9. The molecule has 3 aromatic rings. The van der Waals surface area contributed by atoms with Gasteiger partial charge in [-0.05, 0) is 37.6 Å². The van der Waals surface area contributed by atoms with Crippen molar-refractivity contribution in [2.45, 2.75) is 25.2 Å². The number of anilines is 1. The molecule has 26 heavy (non-hydrogen) atoms. The SMILES string of the molecule is CC(=O)c1cccc(S(=O)(=O)Nc2ccccc2Cc2nc(C)no2)c1. The molecule has 1 heterocycles. The normalized spacial score (nSPS) is 11.3. The van der Waals surface area contributed by atoms with Crippen molar-refractivity contribution in [1.29, 1.82) is 0 Å². The number of hydrogen-bond acceptors (Lipinski definition) is 6.